The summed E-state index contributed by atoms with van der Waals surface area (Å²) >= 11 is 0. The molecule has 0 heterocycles. The normalized spacial score (nSPS) is 12.4. The Kier molecular flexibility index (Phi) is 4.27. The number of phenols is 1. The number of hydrogen-bond acceptors (Lipinski definition) is 4. The number of phenolic OH excluding ortho intramolecular Hbond substituents is 1. The van der Waals surface area contributed by atoms with Gasteiger partial charge < -0.3 is 15.3 Å². The van der Waals surface area contributed by atoms with E-state index in [1.807, 2.05) is 0 Å². The van der Waals surface area contributed by atoms with Crippen LogP contribution in [0, 0.1) is 0 Å². The lowest BCUT2D eigenvalue weighted by atomic mass is 10.0. The van der Waals surface area contributed by atoms with Gasteiger partial charge in [0.05, 0.1) is 6.10 Å². The zero-order valence-electron chi connectivity index (χ0n) is 8.26. The maximum atomic E-state index is 11.5. The third kappa shape index (κ3) is 3.69. The summed E-state index contributed by atoms with van der Waals surface area (Å²) in [5, 5.41) is 26.9. The van der Waals surface area contributed by atoms with Crippen LogP contribution in [0.5, 0.6) is 5.75 Å². The summed E-state index contributed by atoms with van der Waals surface area (Å²) in [7, 11) is 0. The summed E-state index contributed by atoms with van der Waals surface area (Å²) in [5.74, 6) is -0.0987. The molecular weight excluding hydrogens is 196 g/mol. The lowest BCUT2D eigenvalue weighted by Gasteiger charge is -2.07. The first-order chi connectivity index (χ1) is 7.13. The van der Waals surface area contributed by atoms with Crippen LogP contribution in [0.1, 0.15) is 23.2 Å². The summed E-state index contributed by atoms with van der Waals surface area (Å²) in [6.07, 6.45) is -0.619. The Morgan fingerprint density at radius 2 is 1.87 bits per heavy atom. The van der Waals surface area contributed by atoms with Crippen LogP contribution in [0.2, 0.25) is 0 Å². The first kappa shape index (κ1) is 11.7. The molecule has 1 aromatic carbocycles. The molecule has 0 bridgehead atoms. The quantitative estimate of drug-likeness (QED) is 0.625. The lowest BCUT2D eigenvalue weighted by Crippen LogP contribution is -2.14. The second-order valence-corrected chi connectivity index (χ2v) is 3.34. The van der Waals surface area contributed by atoms with Crippen molar-refractivity contribution in [3.8, 4) is 5.75 Å². The molecule has 4 nitrogen and oxygen atoms in total. The van der Waals surface area contributed by atoms with Crippen LogP contribution in [-0.4, -0.2) is 33.8 Å². The first-order valence-corrected chi connectivity index (χ1v) is 4.74. The number of aromatic hydroxyl groups is 1. The standard InChI is InChI=1S/C11H14O4/c12-6-5-10(14)7-11(15)8-1-3-9(13)4-2-8/h1-4,10,12-14H,5-7H2. The van der Waals surface area contributed by atoms with Gasteiger partial charge >= 0.3 is 0 Å². The predicted octanol–water partition coefficient (Wildman–Crippen LogP) is 0.708. The Labute approximate surface area is 87.8 Å². The Balaban J connectivity index is 2.57. The van der Waals surface area contributed by atoms with E-state index in [0.29, 0.717) is 5.56 Å². The molecule has 0 spiro atoms. The largest absolute Gasteiger partial charge is 0.508 e. The van der Waals surface area contributed by atoms with Gasteiger partial charge in [0.25, 0.3) is 0 Å². The second-order valence-electron chi connectivity index (χ2n) is 3.34. The summed E-state index contributed by atoms with van der Waals surface area (Å²) in [6, 6.07) is 5.85. The molecule has 0 saturated carbocycles. The molecule has 0 aromatic heterocycles. The van der Waals surface area contributed by atoms with Gasteiger partial charge in [-0.3, -0.25) is 4.79 Å². The fraction of sp³-hybridized carbons (Fsp3) is 0.364. The van der Waals surface area contributed by atoms with E-state index in [1.165, 1.54) is 24.3 Å². The zero-order valence-corrected chi connectivity index (χ0v) is 8.26. The van der Waals surface area contributed by atoms with Crippen LogP contribution < -0.4 is 0 Å². The van der Waals surface area contributed by atoms with E-state index in [2.05, 4.69) is 0 Å². The van der Waals surface area contributed by atoms with Crippen molar-refractivity contribution in [2.24, 2.45) is 0 Å². The molecule has 0 aliphatic carbocycles. The van der Waals surface area contributed by atoms with Crippen LogP contribution in [0.25, 0.3) is 0 Å². The molecular formula is C11H14O4. The molecule has 0 aliphatic heterocycles. The van der Waals surface area contributed by atoms with Gasteiger partial charge in [-0.1, -0.05) is 0 Å². The number of Topliss-reactive ketones (excluding diaryl/α,β-unsaturated/α-hetero) is 1. The Morgan fingerprint density at radius 1 is 1.27 bits per heavy atom. The van der Waals surface area contributed by atoms with E-state index in [1.54, 1.807) is 0 Å². The number of aliphatic hydroxyl groups excluding tert-OH is 2. The van der Waals surface area contributed by atoms with Crippen LogP contribution in [0.15, 0.2) is 24.3 Å². The Bertz CT molecular complexity index is 318. The molecule has 1 rings (SSSR count). The number of hydrogen-bond donors (Lipinski definition) is 3. The highest BCUT2D eigenvalue weighted by Crippen LogP contribution is 2.12. The van der Waals surface area contributed by atoms with Crippen LogP contribution >= 0.6 is 0 Å². The maximum absolute atomic E-state index is 11.5. The number of rotatable bonds is 5. The Hall–Kier alpha value is -1.39. The van der Waals surface area contributed by atoms with E-state index in [-0.39, 0.29) is 31.0 Å². The fourth-order valence-electron chi connectivity index (χ4n) is 1.23. The van der Waals surface area contributed by atoms with Crippen molar-refractivity contribution in [2.75, 3.05) is 6.61 Å². The van der Waals surface area contributed by atoms with Gasteiger partial charge in [-0.2, -0.15) is 0 Å². The van der Waals surface area contributed by atoms with Crippen LogP contribution in [0.3, 0.4) is 0 Å². The van der Waals surface area contributed by atoms with Gasteiger partial charge in [0.2, 0.25) is 0 Å². The molecule has 1 unspecified atom stereocenters. The van der Waals surface area contributed by atoms with Crippen molar-refractivity contribution in [2.45, 2.75) is 18.9 Å². The third-order valence-corrected chi connectivity index (χ3v) is 2.07. The fourth-order valence-corrected chi connectivity index (χ4v) is 1.23. The molecule has 0 fully saturated rings. The molecule has 1 aromatic rings. The number of benzene rings is 1. The molecule has 0 amide bonds. The van der Waals surface area contributed by atoms with Crippen molar-refractivity contribution in [1.29, 1.82) is 0 Å². The highest BCUT2D eigenvalue weighted by atomic mass is 16.3. The van der Waals surface area contributed by atoms with Crippen molar-refractivity contribution in [3.05, 3.63) is 29.8 Å². The van der Waals surface area contributed by atoms with Gasteiger partial charge in [0, 0.05) is 18.6 Å². The highest BCUT2D eigenvalue weighted by Gasteiger charge is 2.12. The van der Waals surface area contributed by atoms with Gasteiger partial charge in [-0.05, 0) is 30.7 Å². The minimum atomic E-state index is -0.809. The maximum Gasteiger partial charge on any atom is 0.165 e. The SMILES string of the molecule is O=C(CC(O)CCO)c1ccc(O)cc1. The van der Waals surface area contributed by atoms with E-state index in [0.717, 1.165) is 0 Å². The molecule has 0 saturated heterocycles. The summed E-state index contributed by atoms with van der Waals surface area (Å²) < 4.78 is 0. The Morgan fingerprint density at radius 3 is 2.40 bits per heavy atom. The first-order valence-electron chi connectivity index (χ1n) is 4.74. The predicted molar refractivity (Wildman–Crippen MR) is 54.8 cm³/mol. The number of aliphatic hydroxyl groups is 2. The van der Waals surface area contributed by atoms with Gasteiger partial charge in [-0.15, -0.1) is 0 Å². The third-order valence-electron chi connectivity index (χ3n) is 2.07. The molecule has 3 N–H and O–H groups in total. The smallest absolute Gasteiger partial charge is 0.165 e. The lowest BCUT2D eigenvalue weighted by molar-refractivity contribution is 0.0830. The van der Waals surface area contributed by atoms with E-state index >= 15 is 0 Å². The van der Waals surface area contributed by atoms with Crippen molar-refractivity contribution >= 4 is 5.78 Å². The van der Waals surface area contributed by atoms with Crippen molar-refractivity contribution < 1.29 is 20.1 Å². The number of ketones is 1. The average Bonchev–Trinajstić information content (AvgIpc) is 2.18. The van der Waals surface area contributed by atoms with Gasteiger partial charge in [0.15, 0.2) is 5.78 Å². The topological polar surface area (TPSA) is 77.8 Å². The van der Waals surface area contributed by atoms with E-state index in [4.69, 9.17) is 10.2 Å². The van der Waals surface area contributed by atoms with Crippen molar-refractivity contribution in [1.82, 2.24) is 0 Å². The molecule has 4 heteroatoms. The molecule has 15 heavy (non-hydrogen) atoms. The zero-order chi connectivity index (χ0) is 11.3. The van der Waals surface area contributed by atoms with E-state index < -0.39 is 6.10 Å². The minimum Gasteiger partial charge on any atom is -0.508 e. The van der Waals surface area contributed by atoms with E-state index in [9.17, 15) is 9.90 Å². The minimum absolute atomic E-state index is 0.00860. The highest BCUT2D eigenvalue weighted by molar-refractivity contribution is 5.96. The molecule has 0 radical (unpaired) electrons. The molecule has 0 aliphatic rings. The summed E-state index contributed by atoms with van der Waals surface area (Å²) in [4.78, 5) is 11.5. The second kappa shape index (κ2) is 5.48. The van der Waals surface area contributed by atoms with Crippen LogP contribution in [-0.2, 0) is 0 Å². The van der Waals surface area contributed by atoms with Gasteiger partial charge in [-0.25, -0.2) is 0 Å². The van der Waals surface area contributed by atoms with Gasteiger partial charge in [0.1, 0.15) is 5.75 Å². The molecule has 82 valence electrons. The van der Waals surface area contributed by atoms with Crippen molar-refractivity contribution in [3.63, 3.8) is 0 Å². The summed E-state index contributed by atoms with van der Waals surface area (Å²) in [5.41, 5.74) is 0.449. The monoisotopic (exact) mass is 210 g/mol. The number of carbonyl (C=O) groups is 1. The average molecular weight is 210 g/mol. The number of carbonyl (C=O) groups excluding carboxylic acids is 1. The molecule has 1 atom stereocenters. The van der Waals surface area contributed by atoms with Crippen LogP contribution in [0.4, 0.5) is 0 Å². The summed E-state index contributed by atoms with van der Waals surface area (Å²) in [6.45, 7) is -0.135.